The summed E-state index contributed by atoms with van der Waals surface area (Å²) < 4.78 is 49.8. The Balaban J connectivity index is 1.64. The molecule has 0 unspecified atom stereocenters. The van der Waals surface area contributed by atoms with Gasteiger partial charge in [0.2, 0.25) is 5.00 Å². The van der Waals surface area contributed by atoms with Gasteiger partial charge in [0.15, 0.2) is 0 Å². The molecule has 0 bridgehead atoms. The van der Waals surface area contributed by atoms with Gasteiger partial charge in [-0.05, 0) is 61.7 Å². The van der Waals surface area contributed by atoms with Crippen molar-refractivity contribution >= 4 is 48.9 Å². The van der Waals surface area contributed by atoms with Crippen LogP contribution in [0.2, 0.25) is 0 Å². The molecule has 0 N–H and O–H groups in total. The number of hydrogen-bond acceptors (Lipinski definition) is 6. The van der Waals surface area contributed by atoms with Crippen LogP contribution in [0.15, 0.2) is 83.1 Å². The van der Waals surface area contributed by atoms with E-state index in [1.54, 1.807) is 35.7 Å². The summed E-state index contributed by atoms with van der Waals surface area (Å²) in [6, 6.07) is 19.8. The summed E-state index contributed by atoms with van der Waals surface area (Å²) in [6.07, 6.45) is 0. The fraction of sp³-hybridized carbons (Fsp3) is 0.188. The third kappa shape index (κ3) is 4.37. The Morgan fingerprint density at radius 3 is 2.50 bits per heavy atom. The van der Waals surface area contributed by atoms with Gasteiger partial charge in [-0.25, -0.2) is 21.6 Å². The maximum absolute atomic E-state index is 14.8. The molecule has 0 amide bonds. The number of rotatable bonds is 6. The van der Waals surface area contributed by atoms with Crippen LogP contribution in [-0.2, 0) is 19.6 Å². The van der Waals surface area contributed by atoms with E-state index in [0.29, 0.717) is 51.4 Å². The Morgan fingerprint density at radius 2 is 1.81 bits per heavy atom. The third-order valence-corrected chi connectivity index (χ3v) is 10.2. The van der Waals surface area contributed by atoms with E-state index in [0.717, 1.165) is 11.3 Å². The summed E-state index contributed by atoms with van der Waals surface area (Å²) in [5, 5.41) is 2.53. The number of fused-ring (bicyclic) bond motifs is 1. The van der Waals surface area contributed by atoms with E-state index in [1.807, 2.05) is 43.0 Å². The number of nitrogens with zero attached hydrogens (tertiary/aromatic N) is 3. The first kappa shape index (κ1) is 27.7. The second kappa shape index (κ2) is 10.1. The monoisotopic (exact) mass is 599 g/mol. The van der Waals surface area contributed by atoms with E-state index in [1.165, 1.54) is 40.6 Å². The molecular weight excluding hydrogens is 574 g/mol. The zero-order valence-electron chi connectivity index (χ0n) is 23.1. The highest BCUT2D eigenvalue weighted by molar-refractivity contribution is 7.90. The number of aromatic nitrogens is 1. The van der Waals surface area contributed by atoms with Crippen LogP contribution in [-0.4, -0.2) is 38.6 Å². The lowest BCUT2D eigenvalue weighted by Crippen LogP contribution is -2.59. The summed E-state index contributed by atoms with van der Waals surface area (Å²) in [5.41, 5.74) is 3.27. The second-order valence-electron chi connectivity index (χ2n) is 10.7. The van der Waals surface area contributed by atoms with Gasteiger partial charge in [-0.1, -0.05) is 35.9 Å². The van der Waals surface area contributed by atoms with Gasteiger partial charge in [0, 0.05) is 40.9 Å². The lowest BCUT2D eigenvalue weighted by Gasteiger charge is -2.47. The number of esters is 1. The first-order valence-electron chi connectivity index (χ1n) is 13.1. The molecule has 6 rings (SSSR count). The van der Waals surface area contributed by atoms with E-state index >= 15 is 0 Å². The largest absolute Gasteiger partial charge is 0.468 e. The van der Waals surface area contributed by atoms with E-state index in [-0.39, 0.29) is 10.9 Å². The van der Waals surface area contributed by atoms with Crippen LogP contribution in [0.5, 0.6) is 0 Å². The molecule has 0 saturated carbocycles. The normalized spacial score (nSPS) is 14.4. The maximum atomic E-state index is 14.8. The van der Waals surface area contributed by atoms with E-state index in [2.05, 4.69) is 4.85 Å². The smallest absolute Gasteiger partial charge is 0.315 e. The van der Waals surface area contributed by atoms with Crippen molar-refractivity contribution in [1.29, 1.82) is 0 Å². The SMILES string of the molecule is [C-]#[N+]c1sccc1-c1c(-c2cccc(N3CC(C)(C(=O)OC)C3)c2)n(S(=O)(=O)c2ccc(C)cc2)c2ccc(F)cc12. The molecule has 0 radical (unpaired) electrons. The van der Waals surface area contributed by atoms with Crippen LogP contribution < -0.4 is 4.90 Å². The van der Waals surface area contributed by atoms with Crippen molar-refractivity contribution in [1.82, 2.24) is 3.97 Å². The van der Waals surface area contributed by atoms with E-state index in [4.69, 9.17) is 11.3 Å². The molecule has 3 heterocycles. The molecule has 3 aromatic carbocycles. The number of benzene rings is 3. The van der Waals surface area contributed by atoms with E-state index in [9.17, 15) is 17.6 Å². The quantitative estimate of drug-likeness (QED) is 0.152. The van der Waals surface area contributed by atoms with Gasteiger partial charge in [-0.15, -0.1) is 0 Å². The van der Waals surface area contributed by atoms with Crippen LogP contribution in [0, 0.1) is 24.7 Å². The molecule has 1 aliphatic heterocycles. The van der Waals surface area contributed by atoms with E-state index < -0.39 is 21.3 Å². The average molecular weight is 600 g/mol. The molecule has 1 aliphatic rings. The number of methoxy groups -OCH3 is 1. The minimum Gasteiger partial charge on any atom is -0.468 e. The van der Waals surface area contributed by atoms with Crippen LogP contribution in [0.3, 0.4) is 0 Å². The molecule has 0 atom stereocenters. The van der Waals surface area contributed by atoms with Gasteiger partial charge in [0.05, 0.1) is 35.2 Å². The first-order chi connectivity index (χ1) is 20.1. The summed E-state index contributed by atoms with van der Waals surface area (Å²) in [4.78, 5) is 18.1. The molecule has 1 saturated heterocycles. The number of aryl methyl sites for hydroxylation is 1. The van der Waals surface area contributed by atoms with Crippen molar-refractivity contribution in [3.63, 3.8) is 0 Å². The van der Waals surface area contributed by atoms with Crippen molar-refractivity contribution in [2.24, 2.45) is 5.41 Å². The van der Waals surface area contributed by atoms with Crippen molar-refractivity contribution in [3.05, 3.63) is 101 Å². The molecule has 0 spiro atoms. The fourth-order valence-electron chi connectivity index (χ4n) is 5.62. The molecule has 0 aliphatic carbocycles. The van der Waals surface area contributed by atoms with Gasteiger partial charge in [0.25, 0.3) is 10.0 Å². The number of anilines is 1. The minimum absolute atomic E-state index is 0.0885. The van der Waals surface area contributed by atoms with Crippen LogP contribution in [0.25, 0.3) is 38.1 Å². The molecule has 10 heteroatoms. The van der Waals surface area contributed by atoms with Gasteiger partial charge in [-0.2, -0.15) is 11.3 Å². The Kier molecular flexibility index (Phi) is 6.67. The van der Waals surface area contributed by atoms with Crippen molar-refractivity contribution in [2.45, 2.75) is 18.7 Å². The standard InChI is InChI=1S/C32H26FN3O4S2/c1-20-8-11-24(12-9-20)42(38,39)36-27-13-10-22(33)17-26(27)28(25-14-15-41-30(25)34-3)29(36)21-6-5-7-23(16-21)35-18-32(2,19-35)31(37)40-4/h5-17H,18-19H2,1-2,4H3. The average Bonchev–Trinajstić information content (AvgIpc) is 3.57. The second-order valence-corrected chi connectivity index (χ2v) is 13.4. The number of carbonyl (C=O) groups is 1. The molecule has 42 heavy (non-hydrogen) atoms. The summed E-state index contributed by atoms with van der Waals surface area (Å²) in [5.74, 6) is -0.802. The highest BCUT2D eigenvalue weighted by Gasteiger charge is 2.46. The number of halogens is 1. The first-order valence-corrected chi connectivity index (χ1v) is 15.4. The molecule has 2 aromatic heterocycles. The zero-order chi connectivity index (χ0) is 29.8. The number of thiophene rings is 1. The Labute approximate surface area is 247 Å². The maximum Gasteiger partial charge on any atom is 0.315 e. The fourth-order valence-corrected chi connectivity index (χ4v) is 7.85. The summed E-state index contributed by atoms with van der Waals surface area (Å²) >= 11 is 1.24. The molecule has 212 valence electrons. The van der Waals surface area contributed by atoms with Gasteiger partial charge in [0.1, 0.15) is 5.82 Å². The predicted molar refractivity (Wildman–Crippen MR) is 163 cm³/mol. The topological polar surface area (TPSA) is 73.0 Å². The lowest BCUT2D eigenvalue weighted by molar-refractivity contribution is -0.153. The number of carbonyl (C=O) groups excluding carboxylic acids is 1. The number of hydrogen-bond donors (Lipinski definition) is 0. The van der Waals surface area contributed by atoms with Crippen LogP contribution in [0.1, 0.15) is 12.5 Å². The molecule has 7 nitrogen and oxygen atoms in total. The summed E-state index contributed by atoms with van der Waals surface area (Å²) in [7, 11) is -2.80. The molecule has 5 aromatic rings. The third-order valence-electron chi connectivity index (χ3n) is 7.70. The number of ether oxygens (including phenoxy) is 1. The van der Waals surface area contributed by atoms with Gasteiger partial charge in [-0.3, -0.25) is 4.79 Å². The highest BCUT2D eigenvalue weighted by Crippen LogP contribution is 2.48. The van der Waals surface area contributed by atoms with Crippen molar-refractivity contribution < 1.29 is 22.3 Å². The Morgan fingerprint density at radius 1 is 1.07 bits per heavy atom. The van der Waals surface area contributed by atoms with Gasteiger partial charge < -0.3 is 9.64 Å². The zero-order valence-corrected chi connectivity index (χ0v) is 24.7. The van der Waals surface area contributed by atoms with Crippen molar-refractivity contribution in [2.75, 3.05) is 25.1 Å². The Bertz CT molecular complexity index is 2010. The minimum atomic E-state index is -4.18. The molecular formula is C32H26FN3O4S2. The predicted octanol–water partition coefficient (Wildman–Crippen LogP) is 7.27. The molecule has 1 fully saturated rings. The summed E-state index contributed by atoms with van der Waals surface area (Å²) in [6.45, 7) is 12.4. The van der Waals surface area contributed by atoms with Crippen LogP contribution >= 0.6 is 11.3 Å². The van der Waals surface area contributed by atoms with Gasteiger partial charge >= 0.3 is 5.97 Å². The van der Waals surface area contributed by atoms with Crippen LogP contribution in [0.4, 0.5) is 15.1 Å². The Hall–Kier alpha value is -4.46. The van der Waals surface area contributed by atoms with Crippen molar-refractivity contribution in [3.8, 4) is 22.4 Å². The lowest BCUT2D eigenvalue weighted by atomic mass is 9.81. The highest BCUT2D eigenvalue weighted by atomic mass is 32.2.